The molecule has 0 aromatic heterocycles. The first-order chi connectivity index (χ1) is 7.01. The zero-order valence-electron chi connectivity index (χ0n) is 10.4. The zero-order chi connectivity index (χ0) is 11.5. The fourth-order valence-corrected chi connectivity index (χ4v) is 3.13. The molecule has 3 unspecified atom stereocenters. The minimum atomic E-state index is 0.266. The summed E-state index contributed by atoms with van der Waals surface area (Å²) in [5.41, 5.74) is 0.423. The van der Waals surface area contributed by atoms with E-state index >= 15 is 0 Å². The van der Waals surface area contributed by atoms with E-state index in [0.29, 0.717) is 22.7 Å². The molecule has 0 aliphatic heterocycles. The van der Waals surface area contributed by atoms with Crippen molar-refractivity contribution in [3.8, 4) is 0 Å². The third-order valence-corrected chi connectivity index (χ3v) is 4.92. The maximum atomic E-state index is 9.24. The molecule has 1 saturated carbocycles. The van der Waals surface area contributed by atoms with Crippen LogP contribution in [0.4, 0.5) is 0 Å². The highest BCUT2D eigenvalue weighted by atomic mass is 32.2. The molecule has 2 N–H and O–H groups in total. The highest BCUT2D eigenvalue weighted by Gasteiger charge is 2.35. The number of hydrogen-bond acceptors (Lipinski definition) is 3. The lowest BCUT2D eigenvalue weighted by atomic mass is 9.87. The largest absolute Gasteiger partial charge is 0.395 e. The first kappa shape index (κ1) is 13.3. The van der Waals surface area contributed by atoms with E-state index in [1.807, 2.05) is 0 Å². The van der Waals surface area contributed by atoms with Crippen LogP contribution in [0.2, 0.25) is 0 Å². The van der Waals surface area contributed by atoms with Crippen molar-refractivity contribution < 1.29 is 5.11 Å². The quantitative estimate of drug-likeness (QED) is 0.761. The van der Waals surface area contributed by atoms with Crippen molar-refractivity contribution in [1.82, 2.24) is 5.32 Å². The molecule has 3 atom stereocenters. The van der Waals surface area contributed by atoms with E-state index < -0.39 is 0 Å². The van der Waals surface area contributed by atoms with Gasteiger partial charge in [0.05, 0.1) is 6.61 Å². The van der Waals surface area contributed by atoms with Gasteiger partial charge in [0.15, 0.2) is 0 Å². The molecule has 0 aromatic rings. The van der Waals surface area contributed by atoms with Crippen LogP contribution in [0, 0.1) is 5.41 Å². The maximum absolute atomic E-state index is 9.24. The fraction of sp³-hybridized carbons (Fsp3) is 1.00. The molecule has 0 saturated heterocycles. The Hall–Kier alpha value is 0.270. The molecule has 0 bridgehead atoms. The molecular formula is C12H25NOS. The molecule has 0 aromatic carbocycles. The summed E-state index contributed by atoms with van der Waals surface area (Å²) in [6.07, 6.45) is 6.00. The second-order valence-corrected chi connectivity index (χ2v) is 6.42. The first-order valence-corrected chi connectivity index (χ1v) is 7.19. The van der Waals surface area contributed by atoms with Crippen LogP contribution in [0.3, 0.4) is 0 Å². The summed E-state index contributed by atoms with van der Waals surface area (Å²) in [5.74, 6) is 0. The molecule has 15 heavy (non-hydrogen) atoms. The van der Waals surface area contributed by atoms with E-state index in [0.717, 1.165) is 0 Å². The first-order valence-electron chi connectivity index (χ1n) is 5.91. The molecular weight excluding hydrogens is 206 g/mol. The molecule has 1 aliphatic rings. The number of aliphatic hydroxyl groups is 1. The Labute approximate surface area is 98.2 Å². The third kappa shape index (κ3) is 3.36. The van der Waals surface area contributed by atoms with Gasteiger partial charge in [0.25, 0.3) is 0 Å². The van der Waals surface area contributed by atoms with Gasteiger partial charge in [0, 0.05) is 17.3 Å². The van der Waals surface area contributed by atoms with Gasteiger partial charge in [-0.05, 0) is 31.4 Å². The molecule has 1 aliphatic carbocycles. The molecule has 2 nitrogen and oxygen atoms in total. The molecule has 0 spiro atoms. The second-order valence-electron chi connectivity index (χ2n) is 5.35. The van der Waals surface area contributed by atoms with Gasteiger partial charge in [-0.15, -0.1) is 0 Å². The molecule has 1 rings (SSSR count). The van der Waals surface area contributed by atoms with E-state index in [9.17, 15) is 5.11 Å². The van der Waals surface area contributed by atoms with Crippen LogP contribution in [0.15, 0.2) is 0 Å². The Morgan fingerprint density at radius 3 is 2.60 bits per heavy atom. The van der Waals surface area contributed by atoms with Crippen molar-refractivity contribution in [2.45, 2.75) is 57.4 Å². The number of aliphatic hydroxyl groups excluding tert-OH is 1. The summed E-state index contributed by atoms with van der Waals surface area (Å²) in [4.78, 5) is 0. The van der Waals surface area contributed by atoms with Gasteiger partial charge in [-0.1, -0.05) is 20.3 Å². The summed E-state index contributed by atoms with van der Waals surface area (Å²) in [6, 6.07) is 1.01. The van der Waals surface area contributed by atoms with Gasteiger partial charge in [-0.3, -0.25) is 0 Å². The van der Waals surface area contributed by atoms with E-state index in [4.69, 9.17) is 0 Å². The Morgan fingerprint density at radius 1 is 1.53 bits per heavy atom. The summed E-state index contributed by atoms with van der Waals surface area (Å²) in [7, 11) is 0. The topological polar surface area (TPSA) is 32.3 Å². The van der Waals surface area contributed by atoms with Gasteiger partial charge < -0.3 is 10.4 Å². The summed E-state index contributed by atoms with van der Waals surface area (Å²) in [6.45, 7) is 7.14. The number of rotatable bonds is 5. The monoisotopic (exact) mass is 231 g/mol. The minimum absolute atomic E-state index is 0.266. The summed E-state index contributed by atoms with van der Waals surface area (Å²) >= 11 is 1.75. The Bertz CT molecular complexity index is 192. The van der Waals surface area contributed by atoms with E-state index in [1.54, 1.807) is 11.8 Å². The standard InChI is InChI=1S/C12H25NOS/c1-9(10(8-14)15-4)13-11-6-5-7-12(11,2)3/h9-11,13-14H,5-8H2,1-4H3. The van der Waals surface area contributed by atoms with Crippen LogP contribution in [0.5, 0.6) is 0 Å². The second kappa shape index (κ2) is 5.55. The lowest BCUT2D eigenvalue weighted by Crippen LogP contribution is -2.47. The van der Waals surface area contributed by atoms with Crippen molar-refractivity contribution >= 4 is 11.8 Å². The van der Waals surface area contributed by atoms with Gasteiger partial charge in [0.2, 0.25) is 0 Å². The predicted octanol–water partition coefficient (Wildman–Crippen LogP) is 2.27. The Kier molecular flexibility index (Phi) is 4.94. The van der Waals surface area contributed by atoms with Crippen molar-refractivity contribution in [2.75, 3.05) is 12.9 Å². The normalized spacial score (nSPS) is 29.0. The fourth-order valence-electron chi connectivity index (χ4n) is 2.50. The summed E-state index contributed by atoms with van der Waals surface area (Å²) < 4.78 is 0. The van der Waals surface area contributed by atoms with E-state index in [2.05, 4.69) is 32.3 Å². The van der Waals surface area contributed by atoms with Gasteiger partial charge in [-0.25, -0.2) is 0 Å². The van der Waals surface area contributed by atoms with Gasteiger partial charge in [-0.2, -0.15) is 11.8 Å². The van der Waals surface area contributed by atoms with Crippen LogP contribution >= 0.6 is 11.8 Å². The van der Waals surface area contributed by atoms with E-state index in [1.165, 1.54) is 19.3 Å². The Balaban J connectivity index is 2.46. The average Bonchev–Trinajstić information content (AvgIpc) is 2.48. The number of hydrogen-bond donors (Lipinski definition) is 2. The van der Waals surface area contributed by atoms with Gasteiger partial charge in [0.1, 0.15) is 0 Å². The molecule has 0 amide bonds. The van der Waals surface area contributed by atoms with Crippen molar-refractivity contribution in [3.63, 3.8) is 0 Å². The SMILES string of the molecule is CSC(CO)C(C)NC1CCCC1(C)C. The predicted molar refractivity (Wildman–Crippen MR) is 68.4 cm³/mol. The van der Waals surface area contributed by atoms with Crippen LogP contribution in [0.25, 0.3) is 0 Å². The highest BCUT2D eigenvalue weighted by Crippen LogP contribution is 2.37. The van der Waals surface area contributed by atoms with Gasteiger partial charge >= 0.3 is 0 Å². The lowest BCUT2D eigenvalue weighted by molar-refractivity contribution is 0.234. The minimum Gasteiger partial charge on any atom is -0.395 e. The van der Waals surface area contributed by atoms with Crippen LogP contribution in [-0.2, 0) is 0 Å². The van der Waals surface area contributed by atoms with Crippen LogP contribution in [-0.4, -0.2) is 35.3 Å². The maximum Gasteiger partial charge on any atom is 0.0564 e. The average molecular weight is 231 g/mol. The zero-order valence-corrected chi connectivity index (χ0v) is 11.2. The van der Waals surface area contributed by atoms with E-state index in [-0.39, 0.29) is 6.61 Å². The molecule has 0 radical (unpaired) electrons. The molecule has 0 heterocycles. The van der Waals surface area contributed by atoms with Crippen LogP contribution in [0.1, 0.15) is 40.0 Å². The smallest absolute Gasteiger partial charge is 0.0564 e. The summed E-state index contributed by atoms with van der Waals surface area (Å²) in [5, 5.41) is 13.3. The number of nitrogens with one attached hydrogen (secondary N) is 1. The van der Waals surface area contributed by atoms with Crippen molar-refractivity contribution in [1.29, 1.82) is 0 Å². The molecule has 3 heteroatoms. The van der Waals surface area contributed by atoms with Crippen molar-refractivity contribution in [3.05, 3.63) is 0 Å². The third-order valence-electron chi connectivity index (χ3n) is 3.76. The van der Waals surface area contributed by atoms with Crippen molar-refractivity contribution in [2.24, 2.45) is 5.41 Å². The molecule has 90 valence electrons. The number of thioether (sulfide) groups is 1. The molecule has 1 fully saturated rings. The highest BCUT2D eigenvalue weighted by molar-refractivity contribution is 7.99. The Morgan fingerprint density at radius 2 is 2.20 bits per heavy atom. The lowest BCUT2D eigenvalue weighted by Gasteiger charge is -2.33. The van der Waals surface area contributed by atoms with Crippen LogP contribution < -0.4 is 5.32 Å².